The lowest BCUT2D eigenvalue weighted by Gasteiger charge is -2.14. The Hall–Kier alpha value is -1.88. The second kappa shape index (κ2) is 4.90. The molecule has 1 heterocycles. The van der Waals surface area contributed by atoms with Gasteiger partial charge < -0.3 is 14.8 Å². The highest BCUT2D eigenvalue weighted by atomic mass is 16.4. The van der Waals surface area contributed by atoms with Crippen LogP contribution in [0.3, 0.4) is 0 Å². The van der Waals surface area contributed by atoms with Gasteiger partial charge >= 0.3 is 5.97 Å². The van der Waals surface area contributed by atoms with Crippen LogP contribution in [-0.2, 0) is 6.54 Å². The van der Waals surface area contributed by atoms with Gasteiger partial charge in [-0.05, 0) is 30.9 Å². The van der Waals surface area contributed by atoms with Gasteiger partial charge in [-0.3, -0.25) is 0 Å². The Bertz CT molecular complexity index is 658. The molecule has 1 aliphatic rings. The topological polar surface area (TPSA) is 75.3 Å². The zero-order valence-electron chi connectivity index (χ0n) is 11.4. The van der Waals surface area contributed by atoms with Crippen molar-refractivity contribution < 1.29 is 15.0 Å². The van der Waals surface area contributed by atoms with Gasteiger partial charge in [-0.15, -0.1) is 0 Å². The van der Waals surface area contributed by atoms with Crippen molar-refractivity contribution in [2.75, 3.05) is 6.61 Å². The van der Waals surface area contributed by atoms with Crippen LogP contribution in [0.25, 0.3) is 11.0 Å². The molecular weight excluding hydrogens is 256 g/mol. The molecule has 5 nitrogen and oxygen atoms in total. The second-order valence-corrected chi connectivity index (χ2v) is 5.62. The molecule has 2 N–H and O–H groups in total. The number of aromatic carboxylic acids is 1. The zero-order valence-corrected chi connectivity index (χ0v) is 11.4. The number of nitrogens with zero attached hydrogens (tertiary/aromatic N) is 2. The highest BCUT2D eigenvalue weighted by molar-refractivity contribution is 6.01. The summed E-state index contributed by atoms with van der Waals surface area (Å²) in [5.74, 6) is 0.548. The SMILES string of the molecule is CC(CO)Cn1c(C2CC2)nc2cccc(C(=O)O)c21. The second-order valence-electron chi connectivity index (χ2n) is 5.62. The molecule has 2 aromatic rings. The average Bonchev–Trinajstić information content (AvgIpc) is 3.21. The first kappa shape index (κ1) is 13.1. The number of carbonyl (C=O) groups is 1. The Morgan fingerprint density at radius 1 is 1.50 bits per heavy atom. The molecule has 1 unspecified atom stereocenters. The van der Waals surface area contributed by atoms with Gasteiger partial charge in [0.15, 0.2) is 0 Å². The number of aromatic nitrogens is 2. The fourth-order valence-electron chi connectivity index (χ4n) is 2.58. The van der Waals surface area contributed by atoms with Crippen molar-refractivity contribution in [2.45, 2.75) is 32.2 Å². The van der Waals surface area contributed by atoms with E-state index in [1.165, 1.54) is 0 Å². The van der Waals surface area contributed by atoms with E-state index >= 15 is 0 Å². The van der Waals surface area contributed by atoms with E-state index in [9.17, 15) is 15.0 Å². The molecule has 0 amide bonds. The van der Waals surface area contributed by atoms with E-state index in [2.05, 4.69) is 4.98 Å². The molecule has 3 rings (SSSR count). The number of hydrogen-bond donors (Lipinski definition) is 2. The molecule has 0 bridgehead atoms. The fraction of sp³-hybridized carbons (Fsp3) is 0.467. The van der Waals surface area contributed by atoms with Crippen molar-refractivity contribution >= 4 is 17.0 Å². The number of imidazole rings is 1. The Balaban J connectivity index is 2.20. The van der Waals surface area contributed by atoms with Crippen LogP contribution >= 0.6 is 0 Å². The van der Waals surface area contributed by atoms with E-state index in [4.69, 9.17) is 0 Å². The minimum Gasteiger partial charge on any atom is -0.478 e. The lowest BCUT2D eigenvalue weighted by molar-refractivity contribution is 0.0698. The summed E-state index contributed by atoms with van der Waals surface area (Å²) in [4.78, 5) is 16.0. The number of hydrogen-bond acceptors (Lipinski definition) is 3. The number of benzene rings is 1. The van der Waals surface area contributed by atoms with E-state index in [0.29, 0.717) is 18.0 Å². The van der Waals surface area contributed by atoms with Crippen LogP contribution < -0.4 is 0 Å². The van der Waals surface area contributed by atoms with Gasteiger partial charge in [0.2, 0.25) is 0 Å². The first-order valence-corrected chi connectivity index (χ1v) is 6.95. The van der Waals surface area contributed by atoms with Crippen LogP contribution in [-0.4, -0.2) is 32.3 Å². The quantitative estimate of drug-likeness (QED) is 0.876. The van der Waals surface area contributed by atoms with Gasteiger partial charge in [0, 0.05) is 19.1 Å². The van der Waals surface area contributed by atoms with E-state index in [1.54, 1.807) is 12.1 Å². The third-order valence-electron chi connectivity index (χ3n) is 3.78. The minimum absolute atomic E-state index is 0.0757. The molecule has 1 aromatic carbocycles. The Kier molecular flexibility index (Phi) is 3.22. The number of aliphatic hydroxyl groups is 1. The fourth-order valence-corrected chi connectivity index (χ4v) is 2.58. The van der Waals surface area contributed by atoms with Crippen molar-refractivity contribution in [1.29, 1.82) is 0 Å². The predicted octanol–water partition coefficient (Wildman–Crippen LogP) is 2.24. The van der Waals surface area contributed by atoms with Gasteiger partial charge in [0.25, 0.3) is 0 Å². The van der Waals surface area contributed by atoms with E-state index in [0.717, 1.165) is 24.2 Å². The number of aliphatic hydroxyl groups excluding tert-OH is 1. The molecule has 20 heavy (non-hydrogen) atoms. The van der Waals surface area contributed by atoms with Crippen molar-refractivity contribution in [3.8, 4) is 0 Å². The lowest BCUT2D eigenvalue weighted by Crippen LogP contribution is -2.14. The first-order chi connectivity index (χ1) is 9.61. The summed E-state index contributed by atoms with van der Waals surface area (Å²) < 4.78 is 2.00. The molecule has 5 heteroatoms. The van der Waals surface area contributed by atoms with Gasteiger partial charge in [-0.1, -0.05) is 13.0 Å². The largest absolute Gasteiger partial charge is 0.478 e. The van der Waals surface area contributed by atoms with Crippen molar-refractivity contribution in [3.05, 3.63) is 29.6 Å². The minimum atomic E-state index is -0.934. The van der Waals surface area contributed by atoms with Crippen molar-refractivity contribution in [1.82, 2.24) is 9.55 Å². The van der Waals surface area contributed by atoms with Gasteiger partial charge in [0.05, 0.1) is 16.6 Å². The monoisotopic (exact) mass is 274 g/mol. The molecule has 0 spiro atoms. The lowest BCUT2D eigenvalue weighted by atomic mass is 10.1. The summed E-state index contributed by atoms with van der Waals surface area (Å²) in [5.41, 5.74) is 1.70. The van der Waals surface area contributed by atoms with Crippen molar-refractivity contribution in [3.63, 3.8) is 0 Å². The number of fused-ring (bicyclic) bond motifs is 1. The Morgan fingerprint density at radius 3 is 2.85 bits per heavy atom. The Labute approximate surface area is 116 Å². The summed E-state index contributed by atoms with van der Waals surface area (Å²) in [7, 11) is 0. The van der Waals surface area contributed by atoms with Crippen LogP contribution in [0.4, 0.5) is 0 Å². The molecule has 106 valence electrons. The highest BCUT2D eigenvalue weighted by Gasteiger charge is 2.31. The molecule has 0 radical (unpaired) electrons. The Morgan fingerprint density at radius 2 is 2.25 bits per heavy atom. The maximum Gasteiger partial charge on any atom is 0.337 e. The van der Waals surface area contributed by atoms with Gasteiger partial charge in [0.1, 0.15) is 5.82 Å². The molecule has 1 aromatic heterocycles. The van der Waals surface area contributed by atoms with E-state index < -0.39 is 5.97 Å². The van der Waals surface area contributed by atoms with Gasteiger partial charge in [-0.2, -0.15) is 0 Å². The highest BCUT2D eigenvalue weighted by Crippen LogP contribution is 2.41. The summed E-state index contributed by atoms with van der Waals surface area (Å²) in [6.07, 6.45) is 2.22. The third kappa shape index (κ3) is 2.18. The smallest absolute Gasteiger partial charge is 0.337 e. The third-order valence-corrected chi connectivity index (χ3v) is 3.78. The van der Waals surface area contributed by atoms with E-state index in [1.807, 2.05) is 17.6 Å². The number of carboxylic acids is 1. The van der Waals surface area contributed by atoms with Crippen molar-refractivity contribution in [2.24, 2.45) is 5.92 Å². The van der Waals surface area contributed by atoms with Crippen LogP contribution in [0.15, 0.2) is 18.2 Å². The maximum absolute atomic E-state index is 11.4. The number of rotatable bonds is 5. The average molecular weight is 274 g/mol. The van der Waals surface area contributed by atoms with Crippen LogP contribution in [0.1, 0.15) is 41.9 Å². The molecule has 1 fully saturated rings. The summed E-state index contributed by atoms with van der Waals surface area (Å²) in [5, 5.41) is 18.7. The molecule has 1 aliphatic carbocycles. The number of carboxylic acid groups (broad SMARTS) is 1. The predicted molar refractivity (Wildman–Crippen MR) is 74.9 cm³/mol. The van der Waals surface area contributed by atoms with Crippen LogP contribution in [0.2, 0.25) is 0 Å². The standard InChI is InChI=1S/C15H18N2O3/c1-9(8-18)7-17-13-11(15(19)20)3-2-4-12(13)16-14(17)10-5-6-10/h2-4,9-10,18H,5-8H2,1H3,(H,19,20). The summed E-state index contributed by atoms with van der Waals surface area (Å²) in [6.45, 7) is 2.63. The molecular formula is C15H18N2O3. The molecule has 0 saturated heterocycles. The van der Waals surface area contributed by atoms with Gasteiger partial charge in [-0.25, -0.2) is 9.78 Å². The first-order valence-electron chi connectivity index (χ1n) is 6.95. The van der Waals surface area contributed by atoms with Crippen LogP contribution in [0.5, 0.6) is 0 Å². The molecule has 1 saturated carbocycles. The normalized spacial score (nSPS) is 16.5. The molecule has 1 atom stereocenters. The summed E-state index contributed by atoms with van der Waals surface area (Å²) in [6, 6.07) is 5.20. The maximum atomic E-state index is 11.4. The number of para-hydroxylation sites is 1. The molecule has 0 aliphatic heterocycles. The van der Waals surface area contributed by atoms with E-state index in [-0.39, 0.29) is 18.1 Å². The van der Waals surface area contributed by atoms with Crippen LogP contribution in [0, 0.1) is 5.92 Å². The summed E-state index contributed by atoms with van der Waals surface area (Å²) >= 11 is 0. The zero-order chi connectivity index (χ0) is 14.3.